The Morgan fingerprint density at radius 3 is 2.85 bits per heavy atom. The maximum Gasteiger partial charge on any atom is 0.248 e. The summed E-state index contributed by atoms with van der Waals surface area (Å²) in [6, 6.07) is 11.0. The van der Waals surface area contributed by atoms with Gasteiger partial charge in [-0.3, -0.25) is 4.79 Å². The van der Waals surface area contributed by atoms with Gasteiger partial charge in [-0.1, -0.05) is 24.3 Å². The number of carbonyl (C=O) groups excluding carboxylic acids is 1. The van der Waals surface area contributed by atoms with Gasteiger partial charge in [-0.15, -0.1) is 16.4 Å². The summed E-state index contributed by atoms with van der Waals surface area (Å²) < 4.78 is 7.50. The first-order valence-electron chi connectivity index (χ1n) is 8.60. The van der Waals surface area contributed by atoms with E-state index in [2.05, 4.69) is 15.4 Å². The molecule has 1 amide bonds. The van der Waals surface area contributed by atoms with Crippen LogP contribution in [-0.2, 0) is 4.79 Å². The number of amides is 1. The van der Waals surface area contributed by atoms with Crippen molar-refractivity contribution >= 4 is 23.2 Å². The molecule has 0 aliphatic carbocycles. The highest BCUT2D eigenvalue weighted by molar-refractivity contribution is 7.13. The fourth-order valence-corrected chi connectivity index (χ4v) is 3.91. The van der Waals surface area contributed by atoms with Gasteiger partial charge in [0.25, 0.3) is 0 Å². The van der Waals surface area contributed by atoms with Crippen molar-refractivity contribution in [2.75, 3.05) is 11.9 Å². The minimum atomic E-state index is -0.511. The number of hydrogen-bond donors (Lipinski definition) is 2. The number of nitrogens with zero attached hydrogens (tertiary/aromatic N) is 3. The molecule has 2 aromatic heterocycles. The molecule has 27 heavy (non-hydrogen) atoms. The van der Waals surface area contributed by atoms with E-state index in [-0.39, 0.29) is 0 Å². The number of fused-ring (bicyclic) bond motifs is 1. The van der Waals surface area contributed by atoms with Crippen LogP contribution in [0.5, 0.6) is 5.75 Å². The molecule has 1 atom stereocenters. The number of carbonyl (C=O) groups is 1. The van der Waals surface area contributed by atoms with E-state index in [4.69, 9.17) is 10.5 Å². The van der Waals surface area contributed by atoms with Gasteiger partial charge < -0.3 is 15.8 Å². The predicted molar refractivity (Wildman–Crippen MR) is 105 cm³/mol. The standard InChI is InChI=1S/C19H19N5O2S/c1-3-26-13-8-5-4-7-12(13)16-15(17(20)25)11(2)21-19-22-18(23-24(16)19)14-9-6-10-27-14/h4-10,16H,3H2,1-2H3,(H2,20,25)(H,21,22,23)/t16-/m0/s1. The van der Waals surface area contributed by atoms with Crippen molar-refractivity contribution in [3.63, 3.8) is 0 Å². The number of primary amides is 1. The predicted octanol–water partition coefficient (Wildman–Crippen LogP) is 3.18. The topological polar surface area (TPSA) is 95.1 Å². The highest BCUT2D eigenvalue weighted by Gasteiger charge is 2.35. The van der Waals surface area contributed by atoms with Gasteiger partial charge in [0.15, 0.2) is 5.82 Å². The Bertz CT molecular complexity index is 1020. The number of rotatable bonds is 5. The summed E-state index contributed by atoms with van der Waals surface area (Å²) in [5.41, 5.74) is 7.65. The number of thiophene rings is 1. The summed E-state index contributed by atoms with van der Waals surface area (Å²) >= 11 is 1.56. The monoisotopic (exact) mass is 381 g/mol. The van der Waals surface area contributed by atoms with Crippen LogP contribution in [0.2, 0.25) is 0 Å². The van der Waals surface area contributed by atoms with Gasteiger partial charge in [0.1, 0.15) is 11.8 Å². The molecule has 1 aliphatic rings. The molecule has 7 nitrogen and oxygen atoms in total. The van der Waals surface area contributed by atoms with E-state index in [9.17, 15) is 4.79 Å². The van der Waals surface area contributed by atoms with Gasteiger partial charge in [0.2, 0.25) is 11.9 Å². The van der Waals surface area contributed by atoms with Crippen LogP contribution < -0.4 is 15.8 Å². The van der Waals surface area contributed by atoms with E-state index >= 15 is 0 Å². The largest absolute Gasteiger partial charge is 0.494 e. The lowest BCUT2D eigenvalue weighted by molar-refractivity contribution is -0.115. The van der Waals surface area contributed by atoms with E-state index in [1.54, 1.807) is 16.0 Å². The molecule has 1 aliphatic heterocycles. The fourth-order valence-electron chi connectivity index (χ4n) is 3.26. The van der Waals surface area contributed by atoms with Crippen molar-refractivity contribution in [3.05, 3.63) is 58.6 Å². The van der Waals surface area contributed by atoms with Crippen molar-refractivity contribution in [1.82, 2.24) is 14.8 Å². The molecule has 0 bridgehead atoms. The zero-order valence-corrected chi connectivity index (χ0v) is 15.8. The first-order chi connectivity index (χ1) is 13.1. The molecule has 0 saturated carbocycles. The fraction of sp³-hybridized carbons (Fsp3) is 0.211. The molecule has 0 radical (unpaired) electrons. The number of benzene rings is 1. The first-order valence-corrected chi connectivity index (χ1v) is 9.47. The van der Waals surface area contributed by atoms with Gasteiger partial charge in [0.05, 0.1) is 17.1 Å². The van der Waals surface area contributed by atoms with E-state index in [0.717, 1.165) is 10.4 Å². The molecule has 4 rings (SSSR count). The second-order valence-electron chi connectivity index (χ2n) is 6.08. The molecular formula is C19H19N5O2S. The number of anilines is 1. The van der Waals surface area contributed by atoms with Crippen LogP contribution in [0.4, 0.5) is 5.95 Å². The maximum absolute atomic E-state index is 12.3. The van der Waals surface area contributed by atoms with Crippen molar-refractivity contribution in [2.24, 2.45) is 5.73 Å². The van der Waals surface area contributed by atoms with Crippen LogP contribution in [0.15, 0.2) is 53.0 Å². The third-order valence-corrected chi connectivity index (χ3v) is 5.24. The van der Waals surface area contributed by atoms with Crippen molar-refractivity contribution in [2.45, 2.75) is 19.9 Å². The Morgan fingerprint density at radius 1 is 1.33 bits per heavy atom. The van der Waals surface area contributed by atoms with Crippen LogP contribution in [0.3, 0.4) is 0 Å². The minimum absolute atomic E-state index is 0.442. The normalized spacial score (nSPS) is 16.0. The number of aromatic nitrogens is 3. The SMILES string of the molecule is CCOc1ccccc1[C@H]1C(C(N)=O)=C(C)Nc2nc(-c3cccs3)nn21. The lowest BCUT2D eigenvalue weighted by Gasteiger charge is -2.28. The van der Waals surface area contributed by atoms with Crippen molar-refractivity contribution in [1.29, 1.82) is 0 Å². The number of nitrogens with two attached hydrogens (primary N) is 1. The third kappa shape index (κ3) is 2.97. The minimum Gasteiger partial charge on any atom is -0.494 e. The van der Waals surface area contributed by atoms with E-state index in [1.807, 2.05) is 55.6 Å². The highest BCUT2D eigenvalue weighted by atomic mass is 32.1. The van der Waals surface area contributed by atoms with Gasteiger partial charge in [-0.2, -0.15) is 4.98 Å². The van der Waals surface area contributed by atoms with Crippen LogP contribution in [0.1, 0.15) is 25.5 Å². The van der Waals surface area contributed by atoms with Crippen molar-refractivity contribution in [3.8, 4) is 16.5 Å². The van der Waals surface area contributed by atoms with E-state index in [1.165, 1.54) is 0 Å². The molecule has 3 heterocycles. The molecule has 1 aromatic carbocycles. The second kappa shape index (κ2) is 6.88. The smallest absolute Gasteiger partial charge is 0.248 e. The molecule has 3 aromatic rings. The Balaban J connectivity index is 1.91. The maximum atomic E-state index is 12.3. The number of para-hydroxylation sites is 1. The molecule has 0 unspecified atom stereocenters. The van der Waals surface area contributed by atoms with Crippen LogP contribution >= 0.6 is 11.3 Å². The quantitative estimate of drug-likeness (QED) is 0.708. The first kappa shape index (κ1) is 17.3. The number of ether oxygens (including phenoxy) is 1. The molecule has 8 heteroatoms. The van der Waals surface area contributed by atoms with Crippen LogP contribution in [0.25, 0.3) is 10.7 Å². The Kier molecular flexibility index (Phi) is 4.41. The summed E-state index contributed by atoms with van der Waals surface area (Å²) in [5.74, 6) is 1.36. The van der Waals surface area contributed by atoms with Crippen LogP contribution in [-0.4, -0.2) is 27.3 Å². The summed E-state index contributed by atoms with van der Waals surface area (Å²) in [6.45, 7) is 4.26. The molecule has 3 N–H and O–H groups in total. The number of hydrogen-bond acceptors (Lipinski definition) is 6. The van der Waals surface area contributed by atoms with Crippen molar-refractivity contribution < 1.29 is 9.53 Å². The average Bonchev–Trinajstić information content (AvgIpc) is 3.30. The Morgan fingerprint density at radius 2 is 2.15 bits per heavy atom. The molecule has 0 fully saturated rings. The van der Waals surface area contributed by atoms with Gasteiger partial charge in [0, 0.05) is 11.3 Å². The van der Waals surface area contributed by atoms with E-state index < -0.39 is 11.9 Å². The van der Waals surface area contributed by atoms with E-state index in [0.29, 0.717) is 35.4 Å². The average molecular weight is 381 g/mol. The second-order valence-corrected chi connectivity index (χ2v) is 7.03. The molecular weight excluding hydrogens is 362 g/mol. The molecule has 0 spiro atoms. The Labute approximate surface area is 160 Å². The number of nitrogens with one attached hydrogen (secondary N) is 1. The lowest BCUT2D eigenvalue weighted by Crippen LogP contribution is -2.32. The zero-order valence-electron chi connectivity index (χ0n) is 15.0. The summed E-state index contributed by atoms with van der Waals surface area (Å²) in [4.78, 5) is 17.9. The highest BCUT2D eigenvalue weighted by Crippen LogP contribution is 2.39. The lowest BCUT2D eigenvalue weighted by atomic mass is 9.94. The zero-order chi connectivity index (χ0) is 19.0. The summed E-state index contributed by atoms with van der Waals surface area (Å²) in [5, 5.41) is 9.81. The molecule has 138 valence electrons. The third-order valence-electron chi connectivity index (χ3n) is 4.37. The summed E-state index contributed by atoms with van der Waals surface area (Å²) in [6.07, 6.45) is 0. The Hall–Kier alpha value is -3.13. The summed E-state index contributed by atoms with van der Waals surface area (Å²) in [7, 11) is 0. The number of allylic oxidation sites excluding steroid dienone is 1. The van der Waals surface area contributed by atoms with Gasteiger partial charge >= 0.3 is 0 Å². The van der Waals surface area contributed by atoms with Gasteiger partial charge in [-0.05, 0) is 31.4 Å². The van der Waals surface area contributed by atoms with Crippen LogP contribution in [0, 0.1) is 0 Å². The van der Waals surface area contributed by atoms with Gasteiger partial charge in [-0.25, -0.2) is 4.68 Å². The molecule has 0 saturated heterocycles.